The fraction of sp³-hybridized carbons (Fsp3) is 0.600. The molecule has 130 valence electrons. The summed E-state index contributed by atoms with van der Waals surface area (Å²) in [5.74, 6) is 1.05. The van der Waals surface area contributed by atoms with Gasteiger partial charge in [-0.05, 0) is 12.1 Å². The van der Waals surface area contributed by atoms with Gasteiger partial charge in [0, 0.05) is 19.0 Å². The van der Waals surface area contributed by atoms with Gasteiger partial charge in [-0.15, -0.1) is 10.1 Å². The van der Waals surface area contributed by atoms with Crippen molar-refractivity contribution < 1.29 is 24.5 Å². The lowest BCUT2D eigenvalue weighted by molar-refractivity contribution is -0.757. The van der Waals surface area contributed by atoms with Crippen molar-refractivity contribution in [2.24, 2.45) is 0 Å². The van der Waals surface area contributed by atoms with Gasteiger partial charge in [-0.1, -0.05) is 26.0 Å². The van der Waals surface area contributed by atoms with Crippen LogP contribution in [0.15, 0.2) is 24.3 Å². The zero-order valence-electron chi connectivity index (χ0n) is 13.4. The average molecular weight is 328 g/mol. The van der Waals surface area contributed by atoms with E-state index in [1.54, 1.807) is 24.3 Å². The van der Waals surface area contributed by atoms with E-state index in [4.69, 9.17) is 9.47 Å². The standard InChI is InChI=1S/C15H24N2O6/c1-12(2)16-10-13(18)11-22-15-7-4-3-6-14(15)21-8-5-9-23-17(19)20/h3-4,6-7,12-13,16,18H,5,8-11H2,1-2H3. The maximum Gasteiger partial charge on any atom is 0.294 e. The summed E-state index contributed by atoms with van der Waals surface area (Å²) in [7, 11) is 0. The van der Waals surface area contributed by atoms with E-state index in [1.165, 1.54) is 0 Å². The normalized spacial score (nSPS) is 12.0. The van der Waals surface area contributed by atoms with Gasteiger partial charge in [-0.3, -0.25) is 0 Å². The molecule has 0 heterocycles. The van der Waals surface area contributed by atoms with Crippen LogP contribution in [0.4, 0.5) is 0 Å². The van der Waals surface area contributed by atoms with E-state index in [0.29, 0.717) is 30.5 Å². The minimum absolute atomic E-state index is 0.0182. The molecule has 0 bridgehead atoms. The molecule has 0 saturated carbocycles. The van der Waals surface area contributed by atoms with Gasteiger partial charge in [0.25, 0.3) is 5.09 Å². The molecule has 1 rings (SSSR count). The second-order valence-electron chi connectivity index (χ2n) is 5.23. The average Bonchev–Trinajstić information content (AvgIpc) is 2.51. The second kappa shape index (κ2) is 10.6. The van der Waals surface area contributed by atoms with Gasteiger partial charge < -0.3 is 24.7 Å². The molecule has 23 heavy (non-hydrogen) atoms. The number of para-hydroxylation sites is 2. The highest BCUT2D eigenvalue weighted by molar-refractivity contribution is 5.39. The van der Waals surface area contributed by atoms with Gasteiger partial charge in [0.05, 0.1) is 13.2 Å². The molecule has 1 aromatic carbocycles. The number of aliphatic hydroxyl groups is 1. The fourth-order valence-corrected chi connectivity index (χ4v) is 1.69. The van der Waals surface area contributed by atoms with Crippen molar-refractivity contribution in [3.05, 3.63) is 34.4 Å². The maximum atomic E-state index is 10.0. The smallest absolute Gasteiger partial charge is 0.294 e. The molecule has 0 aliphatic rings. The fourth-order valence-electron chi connectivity index (χ4n) is 1.69. The first-order valence-corrected chi connectivity index (χ1v) is 7.52. The van der Waals surface area contributed by atoms with Crippen LogP contribution < -0.4 is 14.8 Å². The molecule has 2 N–H and O–H groups in total. The number of aliphatic hydroxyl groups excluding tert-OH is 1. The van der Waals surface area contributed by atoms with Crippen molar-refractivity contribution in [3.8, 4) is 11.5 Å². The van der Waals surface area contributed by atoms with E-state index >= 15 is 0 Å². The maximum absolute atomic E-state index is 10.0. The number of nitrogens with zero attached hydrogens (tertiary/aromatic N) is 1. The Kier molecular flexibility index (Phi) is 8.78. The summed E-state index contributed by atoms with van der Waals surface area (Å²) in [6.07, 6.45) is -0.241. The van der Waals surface area contributed by atoms with E-state index in [1.807, 2.05) is 13.8 Å². The van der Waals surface area contributed by atoms with Crippen molar-refractivity contribution in [1.29, 1.82) is 0 Å². The van der Waals surface area contributed by atoms with Crippen LogP contribution in [-0.4, -0.2) is 48.7 Å². The van der Waals surface area contributed by atoms with Crippen LogP contribution >= 0.6 is 0 Å². The summed E-state index contributed by atoms with van der Waals surface area (Å²) in [5.41, 5.74) is 0. The molecule has 0 aromatic heterocycles. The Morgan fingerprint density at radius 2 is 1.87 bits per heavy atom. The minimum atomic E-state index is -0.830. The first kappa shape index (κ1) is 19.0. The lowest BCUT2D eigenvalue weighted by Gasteiger charge is -2.17. The first-order valence-electron chi connectivity index (χ1n) is 7.52. The molecule has 0 aliphatic carbocycles. The molecule has 1 atom stereocenters. The van der Waals surface area contributed by atoms with Gasteiger partial charge >= 0.3 is 0 Å². The van der Waals surface area contributed by atoms with E-state index in [2.05, 4.69) is 10.2 Å². The summed E-state index contributed by atoms with van der Waals surface area (Å²) >= 11 is 0. The number of benzene rings is 1. The molecular weight excluding hydrogens is 304 g/mol. The summed E-state index contributed by atoms with van der Waals surface area (Å²) in [4.78, 5) is 14.2. The third-order valence-electron chi connectivity index (χ3n) is 2.79. The molecule has 0 amide bonds. The highest BCUT2D eigenvalue weighted by Gasteiger charge is 2.09. The molecule has 0 radical (unpaired) electrons. The predicted molar refractivity (Wildman–Crippen MR) is 84.1 cm³/mol. The molecule has 8 nitrogen and oxygen atoms in total. The monoisotopic (exact) mass is 328 g/mol. The van der Waals surface area contributed by atoms with Crippen molar-refractivity contribution >= 4 is 0 Å². The van der Waals surface area contributed by atoms with E-state index < -0.39 is 11.2 Å². The van der Waals surface area contributed by atoms with Crippen LogP contribution in [0.25, 0.3) is 0 Å². The van der Waals surface area contributed by atoms with Gasteiger partial charge in [-0.25, -0.2) is 0 Å². The zero-order valence-corrected chi connectivity index (χ0v) is 13.4. The topological polar surface area (TPSA) is 103 Å². The van der Waals surface area contributed by atoms with E-state index in [0.717, 1.165) is 0 Å². The Morgan fingerprint density at radius 3 is 2.48 bits per heavy atom. The molecule has 1 unspecified atom stereocenters. The highest BCUT2D eigenvalue weighted by Crippen LogP contribution is 2.26. The Hall–Kier alpha value is -2.06. The van der Waals surface area contributed by atoms with Crippen LogP contribution in [0.2, 0.25) is 0 Å². The second-order valence-corrected chi connectivity index (χ2v) is 5.23. The van der Waals surface area contributed by atoms with Crippen LogP contribution in [0, 0.1) is 10.1 Å². The van der Waals surface area contributed by atoms with E-state index in [9.17, 15) is 15.2 Å². The number of hydrogen-bond acceptors (Lipinski definition) is 7. The molecule has 0 aliphatic heterocycles. The van der Waals surface area contributed by atoms with Crippen LogP contribution in [0.5, 0.6) is 11.5 Å². The lowest BCUT2D eigenvalue weighted by Crippen LogP contribution is -2.35. The molecule has 0 saturated heterocycles. The molecule has 0 fully saturated rings. The molecular formula is C15H24N2O6. The van der Waals surface area contributed by atoms with Crippen molar-refractivity contribution in [2.75, 3.05) is 26.4 Å². The summed E-state index contributed by atoms with van der Waals surface area (Å²) in [6.45, 7) is 4.84. The molecule has 0 spiro atoms. The first-order chi connectivity index (χ1) is 11.0. The predicted octanol–water partition coefficient (Wildman–Crippen LogP) is 1.40. The Morgan fingerprint density at radius 1 is 1.22 bits per heavy atom. The van der Waals surface area contributed by atoms with Gasteiger partial charge in [0.2, 0.25) is 0 Å². The summed E-state index contributed by atoms with van der Waals surface area (Å²) in [6, 6.07) is 7.37. The summed E-state index contributed by atoms with van der Waals surface area (Å²) < 4.78 is 11.1. The number of rotatable bonds is 12. The molecule has 8 heteroatoms. The highest BCUT2D eigenvalue weighted by atomic mass is 16.9. The largest absolute Gasteiger partial charge is 0.490 e. The number of hydrogen-bond donors (Lipinski definition) is 2. The molecule has 1 aromatic rings. The Bertz CT molecular complexity index is 469. The Labute approximate surface area is 135 Å². The quantitative estimate of drug-likeness (QED) is 0.339. The van der Waals surface area contributed by atoms with Crippen LogP contribution in [-0.2, 0) is 4.84 Å². The van der Waals surface area contributed by atoms with Gasteiger partial charge in [0.15, 0.2) is 11.5 Å². The van der Waals surface area contributed by atoms with Crippen LogP contribution in [0.3, 0.4) is 0 Å². The number of nitrogens with one attached hydrogen (secondary N) is 1. The van der Waals surface area contributed by atoms with Crippen LogP contribution in [0.1, 0.15) is 20.3 Å². The third-order valence-corrected chi connectivity index (χ3v) is 2.79. The summed E-state index contributed by atoms with van der Waals surface area (Å²) in [5, 5.41) is 22.2. The zero-order chi connectivity index (χ0) is 17.1. The minimum Gasteiger partial charge on any atom is -0.490 e. The SMILES string of the molecule is CC(C)NCC(O)COc1ccccc1OCCCO[N+](=O)[O-]. The Balaban J connectivity index is 2.36. The van der Waals surface area contributed by atoms with Crippen molar-refractivity contribution in [3.63, 3.8) is 0 Å². The van der Waals surface area contributed by atoms with Gasteiger partial charge in [0.1, 0.15) is 12.7 Å². The van der Waals surface area contributed by atoms with E-state index in [-0.39, 0.29) is 19.8 Å². The van der Waals surface area contributed by atoms with Gasteiger partial charge in [-0.2, -0.15) is 0 Å². The number of ether oxygens (including phenoxy) is 2. The third kappa shape index (κ3) is 8.84. The van der Waals surface area contributed by atoms with Crippen molar-refractivity contribution in [1.82, 2.24) is 5.32 Å². The lowest BCUT2D eigenvalue weighted by atomic mass is 10.3. The van der Waals surface area contributed by atoms with Crippen molar-refractivity contribution in [2.45, 2.75) is 32.4 Å².